The van der Waals surface area contributed by atoms with Crippen molar-refractivity contribution in [2.24, 2.45) is 0 Å². The number of benzene rings is 2. The van der Waals surface area contributed by atoms with E-state index in [0.717, 1.165) is 17.7 Å². The van der Waals surface area contributed by atoms with Crippen LogP contribution in [0.5, 0.6) is 0 Å². The van der Waals surface area contributed by atoms with Crippen LogP contribution < -0.4 is 10.5 Å². The fraction of sp³-hybridized carbons (Fsp3) is 0.0769. The SMILES string of the molecule is Cc1cc(N)c(NS(=O)(=O)c2cc(F)ccc2F)c(Br)c1. The highest BCUT2D eigenvalue weighted by Gasteiger charge is 2.22. The van der Waals surface area contributed by atoms with E-state index in [2.05, 4.69) is 20.7 Å². The zero-order valence-corrected chi connectivity index (χ0v) is 13.2. The maximum absolute atomic E-state index is 13.6. The largest absolute Gasteiger partial charge is 0.397 e. The molecule has 0 atom stereocenters. The first-order valence-corrected chi connectivity index (χ1v) is 8.02. The fourth-order valence-corrected chi connectivity index (χ4v) is 3.77. The van der Waals surface area contributed by atoms with E-state index in [1.807, 2.05) is 0 Å². The maximum Gasteiger partial charge on any atom is 0.265 e. The van der Waals surface area contributed by atoms with E-state index in [1.165, 1.54) is 0 Å². The molecule has 0 aliphatic carbocycles. The summed E-state index contributed by atoms with van der Waals surface area (Å²) in [6.45, 7) is 1.78. The zero-order chi connectivity index (χ0) is 15.8. The molecular formula is C13H11BrF2N2O2S. The van der Waals surface area contributed by atoms with Crippen LogP contribution in [0.2, 0.25) is 0 Å². The van der Waals surface area contributed by atoms with Crippen LogP contribution in [0, 0.1) is 18.6 Å². The minimum Gasteiger partial charge on any atom is -0.397 e. The number of anilines is 2. The van der Waals surface area contributed by atoms with Gasteiger partial charge in [-0.15, -0.1) is 0 Å². The average molecular weight is 377 g/mol. The number of halogens is 3. The van der Waals surface area contributed by atoms with Crippen LogP contribution in [0.1, 0.15) is 5.56 Å². The van der Waals surface area contributed by atoms with E-state index in [-0.39, 0.29) is 11.4 Å². The third-order valence-corrected chi connectivity index (χ3v) is 4.67. The van der Waals surface area contributed by atoms with Crippen molar-refractivity contribution < 1.29 is 17.2 Å². The van der Waals surface area contributed by atoms with Gasteiger partial charge in [0.15, 0.2) is 0 Å². The Bertz CT molecular complexity index is 787. The van der Waals surface area contributed by atoms with Gasteiger partial charge in [0, 0.05) is 4.47 Å². The molecule has 0 saturated heterocycles. The molecule has 0 aliphatic heterocycles. The molecule has 0 fully saturated rings. The van der Waals surface area contributed by atoms with Crippen LogP contribution in [0.15, 0.2) is 39.7 Å². The zero-order valence-electron chi connectivity index (χ0n) is 10.8. The molecule has 0 heterocycles. The molecule has 8 heteroatoms. The Hall–Kier alpha value is -1.67. The van der Waals surface area contributed by atoms with Crippen molar-refractivity contribution in [3.05, 3.63) is 52.0 Å². The molecule has 0 aromatic heterocycles. The molecule has 0 radical (unpaired) electrons. The second-order valence-corrected chi connectivity index (χ2v) is 6.90. The highest BCUT2D eigenvalue weighted by atomic mass is 79.9. The minimum absolute atomic E-state index is 0.0734. The molecule has 3 N–H and O–H groups in total. The second-order valence-electron chi connectivity index (χ2n) is 4.39. The molecule has 0 amide bonds. The first-order valence-electron chi connectivity index (χ1n) is 5.74. The number of sulfonamides is 1. The average Bonchev–Trinajstić information content (AvgIpc) is 2.36. The highest BCUT2D eigenvalue weighted by Crippen LogP contribution is 2.32. The molecule has 2 aromatic rings. The molecule has 0 bridgehead atoms. The Morgan fingerprint density at radius 2 is 1.86 bits per heavy atom. The normalized spacial score (nSPS) is 11.4. The lowest BCUT2D eigenvalue weighted by atomic mass is 10.2. The quantitative estimate of drug-likeness (QED) is 0.806. The van der Waals surface area contributed by atoms with Crippen LogP contribution in [-0.2, 0) is 10.0 Å². The van der Waals surface area contributed by atoms with Gasteiger partial charge >= 0.3 is 0 Å². The van der Waals surface area contributed by atoms with Crippen molar-refractivity contribution in [1.29, 1.82) is 0 Å². The minimum atomic E-state index is -4.30. The number of hydrogen-bond donors (Lipinski definition) is 2. The van der Waals surface area contributed by atoms with Crippen LogP contribution in [-0.4, -0.2) is 8.42 Å². The van der Waals surface area contributed by atoms with Crippen molar-refractivity contribution in [3.8, 4) is 0 Å². The summed E-state index contributed by atoms with van der Waals surface area (Å²) in [7, 11) is -4.30. The van der Waals surface area contributed by atoms with Gasteiger partial charge in [-0.25, -0.2) is 17.2 Å². The van der Waals surface area contributed by atoms with Crippen molar-refractivity contribution in [3.63, 3.8) is 0 Å². The second kappa shape index (κ2) is 5.61. The van der Waals surface area contributed by atoms with E-state index >= 15 is 0 Å². The molecular weight excluding hydrogens is 366 g/mol. The van der Waals surface area contributed by atoms with Crippen LogP contribution in [0.25, 0.3) is 0 Å². The summed E-state index contributed by atoms with van der Waals surface area (Å²) >= 11 is 3.18. The van der Waals surface area contributed by atoms with E-state index in [1.54, 1.807) is 19.1 Å². The van der Waals surface area contributed by atoms with Gasteiger partial charge in [-0.05, 0) is 58.7 Å². The Labute approximate surface area is 129 Å². The monoisotopic (exact) mass is 376 g/mol. The first kappa shape index (κ1) is 15.7. The van der Waals surface area contributed by atoms with Gasteiger partial charge in [0.05, 0.1) is 11.4 Å². The molecule has 4 nitrogen and oxygen atoms in total. The molecule has 2 aromatic carbocycles. The molecule has 0 aliphatic rings. The summed E-state index contributed by atoms with van der Waals surface area (Å²) < 4.78 is 53.6. The third kappa shape index (κ3) is 3.33. The Kier molecular flexibility index (Phi) is 4.20. The van der Waals surface area contributed by atoms with Crippen molar-refractivity contribution in [2.45, 2.75) is 11.8 Å². The van der Waals surface area contributed by atoms with Gasteiger partial charge in [-0.2, -0.15) is 0 Å². The van der Waals surface area contributed by atoms with E-state index < -0.39 is 26.6 Å². The number of rotatable bonds is 3. The Balaban J connectivity index is 2.50. The van der Waals surface area contributed by atoms with Gasteiger partial charge in [-0.1, -0.05) is 0 Å². The predicted octanol–water partition coefficient (Wildman–Crippen LogP) is 3.42. The lowest BCUT2D eigenvalue weighted by Crippen LogP contribution is -2.16. The van der Waals surface area contributed by atoms with Crippen molar-refractivity contribution in [1.82, 2.24) is 0 Å². The lowest BCUT2D eigenvalue weighted by Gasteiger charge is -2.13. The van der Waals surface area contributed by atoms with E-state index in [9.17, 15) is 17.2 Å². The van der Waals surface area contributed by atoms with Gasteiger partial charge in [0.2, 0.25) is 0 Å². The molecule has 2 rings (SSSR count). The standard InChI is InChI=1S/C13H11BrF2N2O2S/c1-7-4-9(14)13(11(17)5-7)18-21(19,20)12-6-8(15)2-3-10(12)16/h2-6,18H,17H2,1H3. The van der Waals surface area contributed by atoms with Gasteiger partial charge in [-0.3, -0.25) is 4.72 Å². The molecule has 112 valence electrons. The number of aryl methyl sites for hydroxylation is 1. The van der Waals surface area contributed by atoms with Crippen molar-refractivity contribution >= 4 is 37.3 Å². The third-order valence-electron chi connectivity index (χ3n) is 2.68. The fourth-order valence-electron chi connectivity index (χ4n) is 1.75. The molecule has 21 heavy (non-hydrogen) atoms. The Morgan fingerprint density at radius 1 is 1.19 bits per heavy atom. The van der Waals surface area contributed by atoms with Gasteiger partial charge in [0.25, 0.3) is 10.0 Å². The Morgan fingerprint density at radius 3 is 2.48 bits per heavy atom. The lowest BCUT2D eigenvalue weighted by molar-refractivity contribution is 0.555. The summed E-state index contributed by atoms with van der Waals surface area (Å²) in [6.07, 6.45) is 0. The summed E-state index contributed by atoms with van der Waals surface area (Å²) in [5.74, 6) is -1.90. The first-order chi connectivity index (χ1) is 9.70. The van der Waals surface area contributed by atoms with Gasteiger partial charge in [0.1, 0.15) is 16.5 Å². The highest BCUT2D eigenvalue weighted by molar-refractivity contribution is 9.10. The number of hydrogen-bond acceptors (Lipinski definition) is 3. The smallest absolute Gasteiger partial charge is 0.265 e. The molecule has 0 spiro atoms. The van der Waals surface area contributed by atoms with Gasteiger partial charge < -0.3 is 5.73 Å². The summed E-state index contributed by atoms with van der Waals surface area (Å²) in [6, 6.07) is 5.40. The summed E-state index contributed by atoms with van der Waals surface area (Å²) in [5, 5.41) is 0. The van der Waals surface area contributed by atoms with Crippen LogP contribution in [0.3, 0.4) is 0 Å². The maximum atomic E-state index is 13.6. The topological polar surface area (TPSA) is 72.2 Å². The number of nitrogens with one attached hydrogen (secondary N) is 1. The van der Waals surface area contributed by atoms with Crippen LogP contribution in [0.4, 0.5) is 20.2 Å². The van der Waals surface area contributed by atoms with E-state index in [4.69, 9.17) is 5.73 Å². The number of nitrogens with two attached hydrogens (primary N) is 1. The molecule has 0 saturated carbocycles. The van der Waals surface area contributed by atoms with E-state index in [0.29, 0.717) is 10.5 Å². The summed E-state index contributed by atoms with van der Waals surface area (Å²) in [4.78, 5) is -0.783. The number of nitrogen functional groups attached to an aromatic ring is 1. The predicted molar refractivity (Wildman–Crippen MR) is 80.5 cm³/mol. The van der Waals surface area contributed by atoms with Crippen LogP contribution >= 0.6 is 15.9 Å². The summed E-state index contributed by atoms with van der Waals surface area (Å²) in [5.41, 5.74) is 6.81. The van der Waals surface area contributed by atoms with Crippen molar-refractivity contribution in [2.75, 3.05) is 10.5 Å². The molecule has 0 unspecified atom stereocenters.